The first-order chi connectivity index (χ1) is 9.69. The number of hydrogen-bond acceptors (Lipinski definition) is 5. The highest BCUT2D eigenvalue weighted by Crippen LogP contribution is 2.06. The summed E-state index contributed by atoms with van der Waals surface area (Å²) in [5, 5.41) is 5.67. The molecule has 0 N–H and O–H groups in total. The first kappa shape index (κ1) is 14.4. The quantitative estimate of drug-likeness (QED) is 0.490. The zero-order valence-corrected chi connectivity index (χ0v) is 12.1. The number of amides is 1. The summed E-state index contributed by atoms with van der Waals surface area (Å²) >= 11 is 7.10. The topological polar surface area (TPSA) is 68.8 Å². The van der Waals surface area contributed by atoms with Gasteiger partial charge in [0.05, 0.1) is 6.54 Å². The molecule has 0 spiro atoms. The molecule has 0 aliphatic rings. The van der Waals surface area contributed by atoms with Crippen LogP contribution in [0.15, 0.2) is 40.1 Å². The number of rotatable bonds is 4. The van der Waals surface area contributed by atoms with Crippen LogP contribution < -0.4 is 4.80 Å². The summed E-state index contributed by atoms with van der Waals surface area (Å²) in [4.78, 5) is 24.4. The number of pyridine rings is 1. The van der Waals surface area contributed by atoms with E-state index in [1.54, 1.807) is 12.3 Å². The number of aromatic nitrogens is 2. The molecule has 6 nitrogen and oxygen atoms in total. The van der Waals surface area contributed by atoms with Gasteiger partial charge in [-0.3, -0.25) is 4.79 Å². The van der Waals surface area contributed by atoms with E-state index in [2.05, 4.69) is 20.0 Å². The third kappa shape index (κ3) is 4.01. The molecule has 0 saturated heterocycles. The van der Waals surface area contributed by atoms with Crippen molar-refractivity contribution in [2.24, 2.45) is 10.1 Å². The molecule has 104 valence electrons. The van der Waals surface area contributed by atoms with Crippen molar-refractivity contribution in [2.75, 3.05) is 7.11 Å². The number of nitrogens with zero attached hydrogens (tertiary/aromatic N) is 4. The minimum absolute atomic E-state index is 0.444. The Morgan fingerprint density at radius 2 is 2.45 bits per heavy atom. The largest absolute Gasteiger partial charge is 0.399 e. The molecule has 0 radical (unpaired) electrons. The molecule has 20 heavy (non-hydrogen) atoms. The predicted molar refractivity (Wildman–Crippen MR) is 76.7 cm³/mol. The Hall–Kier alpha value is -1.99. The summed E-state index contributed by atoms with van der Waals surface area (Å²) in [5.74, 6) is -0.475. The first-order valence-electron chi connectivity index (χ1n) is 5.58. The molecule has 2 heterocycles. The molecule has 8 heteroatoms. The van der Waals surface area contributed by atoms with Crippen LogP contribution >= 0.6 is 22.9 Å². The Bertz CT molecular complexity index is 675. The van der Waals surface area contributed by atoms with Crippen molar-refractivity contribution >= 4 is 35.1 Å². The van der Waals surface area contributed by atoms with Gasteiger partial charge in [-0.25, -0.2) is 4.98 Å². The molecular formula is C12H11ClN4O2S. The van der Waals surface area contributed by atoms with Crippen molar-refractivity contribution in [3.8, 4) is 0 Å². The fourth-order valence-electron chi connectivity index (χ4n) is 1.42. The molecule has 0 aliphatic heterocycles. The number of oxime groups is 1. The molecule has 2 aromatic heterocycles. The van der Waals surface area contributed by atoms with E-state index in [0.717, 1.165) is 11.8 Å². The summed E-state index contributed by atoms with van der Waals surface area (Å²) in [6.45, 7) is 0.557. The van der Waals surface area contributed by atoms with E-state index in [4.69, 9.17) is 11.6 Å². The van der Waals surface area contributed by atoms with E-state index in [9.17, 15) is 4.79 Å². The van der Waals surface area contributed by atoms with Crippen molar-refractivity contribution in [3.63, 3.8) is 0 Å². The Labute approximate surface area is 124 Å². The molecular weight excluding hydrogens is 300 g/mol. The Balaban J connectivity index is 2.20. The lowest BCUT2D eigenvalue weighted by Crippen LogP contribution is -2.17. The number of carbonyl (C=O) groups is 1. The van der Waals surface area contributed by atoms with Crippen LogP contribution in [0, 0.1) is 0 Å². The molecule has 0 fully saturated rings. The molecule has 0 atom stereocenters. The average Bonchev–Trinajstić information content (AvgIpc) is 2.86. The highest BCUT2D eigenvalue weighted by Gasteiger charge is 2.01. The minimum Gasteiger partial charge on any atom is -0.399 e. The van der Waals surface area contributed by atoms with Crippen LogP contribution in [0.1, 0.15) is 5.56 Å². The van der Waals surface area contributed by atoms with Gasteiger partial charge >= 0.3 is 0 Å². The SMILES string of the molecule is CO/N=C/C(=O)N=c1sccn1Cc1ccc(Cl)nc1. The van der Waals surface area contributed by atoms with Crippen LogP contribution in [0.4, 0.5) is 0 Å². The molecule has 1 amide bonds. The molecule has 0 unspecified atom stereocenters. The van der Waals surface area contributed by atoms with Crippen molar-refractivity contribution < 1.29 is 9.63 Å². The minimum atomic E-state index is -0.475. The normalized spacial score (nSPS) is 12.0. The fraction of sp³-hybridized carbons (Fsp3) is 0.167. The molecule has 2 rings (SSSR count). The lowest BCUT2D eigenvalue weighted by molar-refractivity contribution is -0.111. The van der Waals surface area contributed by atoms with Crippen molar-refractivity contribution in [3.05, 3.63) is 45.4 Å². The number of carbonyl (C=O) groups excluding carboxylic acids is 1. The van der Waals surface area contributed by atoms with E-state index in [1.165, 1.54) is 18.4 Å². The van der Waals surface area contributed by atoms with E-state index in [-0.39, 0.29) is 0 Å². The van der Waals surface area contributed by atoms with Crippen molar-refractivity contribution in [2.45, 2.75) is 6.54 Å². The van der Waals surface area contributed by atoms with Crippen LogP contribution in [0.3, 0.4) is 0 Å². The van der Waals surface area contributed by atoms with Gasteiger partial charge in [-0.2, -0.15) is 4.99 Å². The average molecular weight is 311 g/mol. The first-order valence-corrected chi connectivity index (χ1v) is 6.84. The Morgan fingerprint density at radius 1 is 1.60 bits per heavy atom. The second-order valence-electron chi connectivity index (χ2n) is 3.67. The van der Waals surface area contributed by atoms with Crippen LogP contribution in [-0.4, -0.2) is 28.8 Å². The zero-order chi connectivity index (χ0) is 14.4. The number of hydrogen-bond donors (Lipinski definition) is 0. The number of halogens is 1. The number of thiazole rings is 1. The van der Waals surface area contributed by atoms with Gasteiger partial charge in [0.25, 0.3) is 5.91 Å². The summed E-state index contributed by atoms with van der Waals surface area (Å²) < 4.78 is 1.84. The third-order valence-corrected chi connectivity index (χ3v) is 3.29. The maximum Gasteiger partial charge on any atom is 0.294 e. The van der Waals surface area contributed by atoms with Crippen LogP contribution in [-0.2, 0) is 16.2 Å². The van der Waals surface area contributed by atoms with E-state index < -0.39 is 5.91 Å². The fourth-order valence-corrected chi connectivity index (χ4v) is 2.27. The molecule has 0 aliphatic carbocycles. The van der Waals surface area contributed by atoms with Gasteiger partial charge in [0, 0.05) is 17.8 Å². The van der Waals surface area contributed by atoms with E-state index >= 15 is 0 Å². The second kappa shape index (κ2) is 6.97. The van der Waals surface area contributed by atoms with Crippen LogP contribution in [0.5, 0.6) is 0 Å². The predicted octanol–water partition coefficient (Wildman–Crippen LogP) is 1.71. The maximum atomic E-state index is 11.5. The van der Waals surface area contributed by atoms with Crippen molar-refractivity contribution in [1.29, 1.82) is 0 Å². The lowest BCUT2D eigenvalue weighted by atomic mass is 10.3. The Morgan fingerprint density at radius 3 is 3.15 bits per heavy atom. The summed E-state index contributed by atoms with van der Waals surface area (Å²) in [6.07, 6.45) is 4.55. The standard InChI is InChI=1S/C12H11ClN4O2S/c1-19-15-7-11(18)16-12-17(4-5-20-12)8-9-2-3-10(13)14-6-9/h2-7H,8H2,1H3/b15-7+,16-12?. The van der Waals surface area contributed by atoms with E-state index in [1.807, 2.05) is 22.2 Å². The van der Waals surface area contributed by atoms with Gasteiger partial charge in [0.15, 0.2) is 4.80 Å². The summed E-state index contributed by atoms with van der Waals surface area (Å²) in [5.41, 5.74) is 0.965. The van der Waals surface area contributed by atoms with Gasteiger partial charge in [-0.1, -0.05) is 22.8 Å². The molecule has 0 aromatic carbocycles. The Kier molecular flexibility index (Phi) is 5.03. The van der Waals surface area contributed by atoms with Crippen molar-refractivity contribution in [1.82, 2.24) is 9.55 Å². The molecule has 0 bridgehead atoms. The van der Waals surface area contributed by atoms with E-state index in [0.29, 0.717) is 16.5 Å². The second-order valence-corrected chi connectivity index (χ2v) is 4.93. The molecule has 0 saturated carbocycles. The lowest BCUT2D eigenvalue weighted by Gasteiger charge is -2.02. The van der Waals surface area contributed by atoms with Gasteiger partial charge in [0.1, 0.15) is 18.5 Å². The summed E-state index contributed by atoms with van der Waals surface area (Å²) in [6, 6.07) is 3.59. The smallest absolute Gasteiger partial charge is 0.294 e. The van der Waals surface area contributed by atoms with Crippen LogP contribution in [0.25, 0.3) is 0 Å². The van der Waals surface area contributed by atoms with Gasteiger partial charge in [-0.15, -0.1) is 11.3 Å². The monoisotopic (exact) mass is 310 g/mol. The van der Waals surface area contributed by atoms with Gasteiger partial charge < -0.3 is 9.40 Å². The molecule has 2 aromatic rings. The van der Waals surface area contributed by atoms with Gasteiger partial charge in [-0.05, 0) is 11.6 Å². The summed E-state index contributed by atoms with van der Waals surface area (Å²) in [7, 11) is 1.36. The highest BCUT2D eigenvalue weighted by molar-refractivity contribution is 7.07. The third-order valence-electron chi connectivity index (χ3n) is 2.28. The van der Waals surface area contributed by atoms with Gasteiger partial charge in [0.2, 0.25) is 0 Å². The maximum absolute atomic E-state index is 11.5. The van der Waals surface area contributed by atoms with Crippen LogP contribution in [0.2, 0.25) is 5.15 Å². The zero-order valence-electron chi connectivity index (χ0n) is 10.6. The highest BCUT2D eigenvalue weighted by atomic mass is 35.5.